The number of ether oxygens (including phenoxy) is 1. The molecule has 1 fully saturated rings. The van der Waals surface area contributed by atoms with Gasteiger partial charge in [-0.05, 0) is 19.1 Å². The molecule has 3 heterocycles. The van der Waals surface area contributed by atoms with E-state index in [-0.39, 0.29) is 11.9 Å². The van der Waals surface area contributed by atoms with Gasteiger partial charge in [0, 0.05) is 31.9 Å². The zero-order valence-electron chi connectivity index (χ0n) is 12.0. The van der Waals surface area contributed by atoms with E-state index in [9.17, 15) is 4.79 Å². The molecule has 112 valence electrons. The predicted octanol–water partition coefficient (Wildman–Crippen LogP) is 0.905. The molecule has 0 aromatic carbocycles. The Morgan fingerprint density at radius 1 is 1.52 bits per heavy atom. The van der Waals surface area contributed by atoms with E-state index in [1.54, 1.807) is 10.9 Å². The maximum absolute atomic E-state index is 12.5. The van der Waals surface area contributed by atoms with Gasteiger partial charge in [0.1, 0.15) is 0 Å². The number of aryl methyl sites for hydroxylation is 2. The summed E-state index contributed by atoms with van der Waals surface area (Å²) in [5.41, 5.74) is 1.88. The van der Waals surface area contributed by atoms with Gasteiger partial charge in [-0.25, -0.2) is 0 Å². The van der Waals surface area contributed by atoms with Crippen molar-refractivity contribution >= 4 is 5.91 Å². The third kappa shape index (κ3) is 3.13. The lowest BCUT2D eigenvalue weighted by atomic mass is 10.1. The van der Waals surface area contributed by atoms with E-state index >= 15 is 0 Å². The van der Waals surface area contributed by atoms with Gasteiger partial charge >= 0.3 is 0 Å². The Morgan fingerprint density at radius 2 is 2.43 bits per heavy atom. The molecule has 2 aromatic heterocycles. The van der Waals surface area contributed by atoms with Crippen LogP contribution in [0, 0.1) is 6.92 Å². The highest BCUT2D eigenvalue weighted by molar-refractivity contribution is 5.76. The van der Waals surface area contributed by atoms with Crippen molar-refractivity contribution in [3.63, 3.8) is 0 Å². The Balaban J connectivity index is 1.64. The van der Waals surface area contributed by atoms with E-state index in [4.69, 9.17) is 4.74 Å². The van der Waals surface area contributed by atoms with Crippen molar-refractivity contribution in [2.24, 2.45) is 0 Å². The molecule has 0 aliphatic carbocycles. The highest BCUT2D eigenvalue weighted by Gasteiger charge is 2.29. The maximum Gasteiger partial charge on any atom is 0.225 e. The second-order valence-corrected chi connectivity index (χ2v) is 5.16. The van der Waals surface area contributed by atoms with Crippen LogP contribution in [-0.2, 0) is 16.1 Å². The second kappa shape index (κ2) is 6.09. The van der Waals surface area contributed by atoms with Gasteiger partial charge < -0.3 is 9.64 Å². The zero-order valence-corrected chi connectivity index (χ0v) is 12.0. The summed E-state index contributed by atoms with van der Waals surface area (Å²) in [6, 6.07) is 3.75. The van der Waals surface area contributed by atoms with Crippen LogP contribution in [0.2, 0.25) is 0 Å². The van der Waals surface area contributed by atoms with E-state index in [1.807, 2.05) is 30.2 Å². The minimum absolute atomic E-state index is 0.0758. The van der Waals surface area contributed by atoms with Crippen LogP contribution >= 0.6 is 0 Å². The molecule has 3 rings (SSSR count). The summed E-state index contributed by atoms with van der Waals surface area (Å²) in [6.45, 7) is 4.24. The van der Waals surface area contributed by atoms with Gasteiger partial charge in [-0.2, -0.15) is 10.2 Å². The molecule has 1 aliphatic heterocycles. The van der Waals surface area contributed by atoms with E-state index in [0.29, 0.717) is 32.7 Å². The number of aromatic amines is 1. The molecule has 1 amide bonds. The number of hydrogen-bond donors (Lipinski definition) is 1. The standard InChI is InChI=1S/C14H19N5O2/c1-11-3-6-18(17-11)7-4-14(20)19-8-9-21-10-13(19)12-2-5-15-16-12/h2-3,5-6,13H,4,7-10H2,1H3,(H,15,16)/t13-/m1/s1. The molecule has 1 saturated heterocycles. The summed E-state index contributed by atoms with van der Waals surface area (Å²) < 4.78 is 7.30. The average Bonchev–Trinajstić information content (AvgIpc) is 3.16. The van der Waals surface area contributed by atoms with Crippen molar-refractivity contribution in [1.82, 2.24) is 24.9 Å². The number of carbonyl (C=O) groups excluding carboxylic acids is 1. The van der Waals surface area contributed by atoms with Crippen LogP contribution in [0.1, 0.15) is 23.9 Å². The first-order chi connectivity index (χ1) is 10.2. The van der Waals surface area contributed by atoms with Gasteiger partial charge in [0.05, 0.1) is 30.6 Å². The van der Waals surface area contributed by atoms with Gasteiger partial charge in [-0.1, -0.05) is 0 Å². The molecule has 2 aromatic rings. The number of morpholine rings is 1. The van der Waals surface area contributed by atoms with E-state index < -0.39 is 0 Å². The summed E-state index contributed by atoms with van der Waals surface area (Å²) >= 11 is 0. The lowest BCUT2D eigenvalue weighted by molar-refractivity contribution is -0.140. The molecule has 0 spiro atoms. The van der Waals surface area contributed by atoms with Crippen LogP contribution in [0.3, 0.4) is 0 Å². The van der Waals surface area contributed by atoms with Gasteiger partial charge in [0.15, 0.2) is 0 Å². The highest BCUT2D eigenvalue weighted by Crippen LogP contribution is 2.23. The highest BCUT2D eigenvalue weighted by atomic mass is 16.5. The number of nitrogens with one attached hydrogen (secondary N) is 1. The molecule has 1 aliphatic rings. The van der Waals surface area contributed by atoms with E-state index in [2.05, 4.69) is 15.3 Å². The molecule has 0 saturated carbocycles. The molecule has 21 heavy (non-hydrogen) atoms. The second-order valence-electron chi connectivity index (χ2n) is 5.16. The zero-order chi connectivity index (χ0) is 14.7. The van der Waals surface area contributed by atoms with E-state index in [1.165, 1.54) is 0 Å². The topological polar surface area (TPSA) is 76.0 Å². The fraction of sp³-hybridized carbons (Fsp3) is 0.500. The number of H-pyrrole nitrogens is 1. The number of amides is 1. The van der Waals surface area contributed by atoms with Crippen molar-refractivity contribution in [2.45, 2.75) is 25.9 Å². The number of hydrogen-bond acceptors (Lipinski definition) is 4. The Morgan fingerprint density at radius 3 is 3.14 bits per heavy atom. The SMILES string of the molecule is Cc1ccn(CCC(=O)N2CCOC[C@@H]2c2ccn[nH]2)n1. The summed E-state index contributed by atoms with van der Waals surface area (Å²) in [7, 11) is 0. The first kappa shape index (κ1) is 13.8. The summed E-state index contributed by atoms with van der Waals surface area (Å²) in [4.78, 5) is 14.3. The van der Waals surface area contributed by atoms with Crippen molar-refractivity contribution in [2.75, 3.05) is 19.8 Å². The monoisotopic (exact) mass is 289 g/mol. The summed E-state index contributed by atoms with van der Waals surface area (Å²) in [6.07, 6.45) is 4.03. The number of nitrogens with zero attached hydrogens (tertiary/aromatic N) is 4. The quantitative estimate of drug-likeness (QED) is 0.907. The normalized spacial score (nSPS) is 18.9. The fourth-order valence-electron chi connectivity index (χ4n) is 2.55. The molecule has 0 radical (unpaired) electrons. The van der Waals surface area contributed by atoms with Crippen LogP contribution in [0.5, 0.6) is 0 Å². The molecule has 7 heteroatoms. The van der Waals surface area contributed by atoms with Crippen molar-refractivity contribution in [3.05, 3.63) is 35.9 Å². The van der Waals surface area contributed by atoms with Crippen LogP contribution < -0.4 is 0 Å². The number of carbonyl (C=O) groups is 1. The van der Waals surface area contributed by atoms with E-state index in [0.717, 1.165) is 11.4 Å². The third-order valence-corrected chi connectivity index (χ3v) is 3.66. The maximum atomic E-state index is 12.5. The van der Waals surface area contributed by atoms with Crippen LogP contribution in [-0.4, -0.2) is 50.5 Å². The molecule has 0 unspecified atom stereocenters. The van der Waals surface area contributed by atoms with Crippen LogP contribution in [0.25, 0.3) is 0 Å². The number of aromatic nitrogens is 4. The average molecular weight is 289 g/mol. The van der Waals surface area contributed by atoms with Gasteiger partial charge in [0.2, 0.25) is 5.91 Å². The molecule has 1 N–H and O–H groups in total. The Kier molecular flexibility index (Phi) is 4.01. The first-order valence-electron chi connectivity index (χ1n) is 7.10. The molecular weight excluding hydrogens is 270 g/mol. The third-order valence-electron chi connectivity index (χ3n) is 3.66. The molecule has 0 bridgehead atoms. The predicted molar refractivity (Wildman–Crippen MR) is 75.4 cm³/mol. The Labute approximate surface area is 122 Å². The number of rotatable bonds is 4. The Bertz CT molecular complexity index is 592. The van der Waals surface area contributed by atoms with Gasteiger partial charge in [-0.3, -0.25) is 14.6 Å². The summed E-state index contributed by atoms with van der Waals surface area (Å²) in [5.74, 6) is 0.117. The Hall–Kier alpha value is -2.15. The van der Waals surface area contributed by atoms with Crippen molar-refractivity contribution in [3.8, 4) is 0 Å². The van der Waals surface area contributed by atoms with Gasteiger partial charge in [0.25, 0.3) is 0 Å². The van der Waals surface area contributed by atoms with Crippen LogP contribution in [0.4, 0.5) is 0 Å². The van der Waals surface area contributed by atoms with Crippen molar-refractivity contribution < 1.29 is 9.53 Å². The first-order valence-corrected chi connectivity index (χ1v) is 7.10. The minimum Gasteiger partial charge on any atom is -0.377 e. The fourth-order valence-corrected chi connectivity index (χ4v) is 2.55. The minimum atomic E-state index is -0.0758. The van der Waals surface area contributed by atoms with Gasteiger partial charge in [-0.15, -0.1) is 0 Å². The molecule has 1 atom stereocenters. The molecule has 7 nitrogen and oxygen atoms in total. The van der Waals surface area contributed by atoms with Crippen LogP contribution in [0.15, 0.2) is 24.5 Å². The lowest BCUT2D eigenvalue weighted by Crippen LogP contribution is -2.43. The van der Waals surface area contributed by atoms with Crippen molar-refractivity contribution in [1.29, 1.82) is 0 Å². The smallest absolute Gasteiger partial charge is 0.225 e. The summed E-state index contributed by atoms with van der Waals surface area (Å²) in [5, 5.41) is 11.2. The lowest BCUT2D eigenvalue weighted by Gasteiger charge is -2.35. The largest absolute Gasteiger partial charge is 0.377 e. The molecular formula is C14H19N5O2.